The highest BCUT2D eigenvalue weighted by atomic mass is 35.6. The molecule has 0 heterocycles. The molecule has 0 aliphatic carbocycles. The van der Waals surface area contributed by atoms with E-state index in [1.165, 1.54) is 7.11 Å². The SMILES string of the molecule is COc1ccccc1[C@@H](CO)NC(=O)OCC(Cl)(Cl)Cl. The van der Waals surface area contributed by atoms with Gasteiger partial charge in [-0.25, -0.2) is 4.79 Å². The maximum atomic E-state index is 11.6. The highest BCUT2D eigenvalue weighted by Crippen LogP contribution is 2.27. The van der Waals surface area contributed by atoms with Gasteiger partial charge in [0.15, 0.2) is 0 Å². The first-order chi connectivity index (χ1) is 9.37. The number of nitrogens with one attached hydrogen (secondary N) is 1. The maximum Gasteiger partial charge on any atom is 0.407 e. The van der Waals surface area contributed by atoms with Crippen molar-refractivity contribution in [3.05, 3.63) is 29.8 Å². The maximum absolute atomic E-state index is 11.6. The van der Waals surface area contributed by atoms with Crippen LogP contribution in [0.25, 0.3) is 0 Å². The van der Waals surface area contributed by atoms with E-state index in [4.69, 9.17) is 44.3 Å². The van der Waals surface area contributed by atoms with Gasteiger partial charge < -0.3 is 19.9 Å². The number of para-hydroxylation sites is 1. The molecule has 2 N–H and O–H groups in total. The molecule has 0 saturated heterocycles. The zero-order valence-corrected chi connectivity index (χ0v) is 12.9. The molecule has 20 heavy (non-hydrogen) atoms. The molecule has 0 spiro atoms. The van der Waals surface area contributed by atoms with Crippen LogP contribution in [0.1, 0.15) is 11.6 Å². The zero-order valence-electron chi connectivity index (χ0n) is 10.6. The summed E-state index contributed by atoms with van der Waals surface area (Å²) in [5.41, 5.74) is 0.614. The average molecular weight is 343 g/mol. The number of carbonyl (C=O) groups is 1. The summed E-state index contributed by atoms with van der Waals surface area (Å²) in [6.45, 7) is -0.725. The van der Waals surface area contributed by atoms with E-state index < -0.39 is 22.5 Å². The number of benzene rings is 1. The summed E-state index contributed by atoms with van der Waals surface area (Å²) in [7, 11) is 1.49. The molecule has 1 amide bonds. The summed E-state index contributed by atoms with van der Waals surface area (Å²) < 4.78 is 8.21. The quantitative estimate of drug-likeness (QED) is 0.808. The van der Waals surface area contributed by atoms with Crippen molar-refractivity contribution in [2.75, 3.05) is 20.3 Å². The van der Waals surface area contributed by atoms with Crippen LogP contribution in [0.15, 0.2) is 24.3 Å². The molecule has 1 aromatic rings. The lowest BCUT2D eigenvalue weighted by molar-refractivity contribution is 0.137. The summed E-state index contributed by atoms with van der Waals surface area (Å²) in [5, 5.41) is 11.8. The fourth-order valence-corrected chi connectivity index (χ4v) is 1.67. The fourth-order valence-electron chi connectivity index (χ4n) is 1.51. The van der Waals surface area contributed by atoms with Crippen LogP contribution in [-0.2, 0) is 4.74 Å². The molecule has 0 aliphatic rings. The molecular weight excluding hydrogens is 328 g/mol. The Balaban J connectivity index is 2.70. The van der Waals surface area contributed by atoms with Crippen molar-refractivity contribution in [3.8, 4) is 5.75 Å². The van der Waals surface area contributed by atoms with Crippen molar-refractivity contribution in [1.82, 2.24) is 5.32 Å². The number of carbonyl (C=O) groups excluding carboxylic acids is 1. The molecule has 1 rings (SSSR count). The Kier molecular flexibility index (Phi) is 6.68. The van der Waals surface area contributed by atoms with Gasteiger partial charge in [0.05, 0.1) is 19.8 Å². The summed E-state index contributed by atoms with van der Waals surface area (Å²) in [6.07, 6.45) is -0.804. The van der Waals surface area contributed by atoms with E-state index >= 15 is 0 Å². The summed E-state index contributed by atoms with van der Waals surface area (Å²) in [6, 6.07) is 6.28. The third-order valence-electron chi connectivity index (χ3n) is 2.36. The highest BCUT2D eigenvalue weighted by molar-refractivity contribution is 6.67. The molecule has 0 aliphatic heterocycles. The number of alkyl halides is 3. The highest BCUT2D eigenvalue weighted by Gasteiger charge is 2.24. The van der Waals surface area contributed by atoms with Crippen LogP contribution in [0.3, 0.4) is 0 Å². The van der Waals surface area contributed by atoms with E-state index in [2.05, 4.69) is 5.32 Å². The summed E-state index contributed by atoms with van der Waals surface area (Å²) in [5.74, 6) is 0.535. The van der Waals surface area contributed by atoms with Gasteiger partial charge in [0, 0.05) is 5.56 Å². The minimum Gasteiger partial charge on any atom is -0.496 e. The third kappa shape index (κ3) is 5.63. The number of hydrogen-bond acceptors (Lipinski definition) is 4. The fraction of sp³-hybridized carbons (Fsp3) is 0.417. The van der Waals surface area contributed by atoms with Crippen LogP contribution < -0.4 is 10.1 Å². The van der Waals surface area contributed by atoms with E-state index in [0.717, 1.165) is 0 Å². The van der Waals surface area contributed by atoms with Gasteiger partial charge in [-0.15, -0.1) is 0 Å². The molecule has 112 valence electrons. The van der Waals surface area contributed by atoms with Crippen LogP contribution in [0.2, 0.25) is 0 Å². The van der Waals surface area contributed by atoms with Gasteiger partial charge in [0.2, 0.25) is 3.79 Å². The average Bonchev–Trinajstić information content (AvgIpc) is 2.41. The number of methoxy groups -OCH3 is 1. The van der Waals surface area contributed by atoms with E-state index in [-0.39, 0.29) is 6.61 Å². The number of aliphatic hydroxyl groups is 1. The minimum absolute atomic E-state index is 0.330. The number of rotatable bonds is 5. The van der Waals surface area contributed by atoms with Gasteiger partial charge in [-0.1, -0.05) is 53.0 Å². The monoisotopic (exact) mass is 341 g/mol. The van der Waals surface area contributed by atoms with Crippen LogP contribution in [0.5, 0.6) is 5.75 Å². The first-order valence-electron chi connectivity index (χ1n) is 5.61. The first-order valence-corrected chi connectivity index (χ1v) is 6.74. The van der Waals surface area contributed by atoms with Crippen molar-refractivity contribution < 1.29 is 19.4 Å². The minimum atomic E-state index is -1.68. The van der Waals surface area contributed by atoms with Crippen LogP contribution >= 0.6 is 34.8 Å². The van der Waals surface area contributed by atoms with Gasteiger partial charge in [0.1, 0.15) is 12.4 Å². The Morgan fingerprint density at radius 3 is 2.60 bits per heavy atom. The predicted octanol–water partition coefficient (Wildman–Crippen LogP) is 2.83. The lowest BCUT2D eigenvalue weighted by Crippen LogP contribution is -2.33. The molecule has 0 aromatic heterocycles. The number of ether oxygens (including phenoxy) is 2. The molecule has 0 fully saturated rings. The van der Waals surface area contributed by atoms with Crippen molar-refractivity contribution in [3.63, 3.8) is 0 Å². The van der Waals surface area contributed by atoms with Crippen molar-refractivity contribution in [2.24, 2.45) is 0 Å². The lowest BCUT2D eigenvalue weighted by Gasteiger charge is -2.19. The molecular formula is C12H14Cl3NO4. The molecule has 8 heteroatoms. The van der Waals surface area contributed by atoms with Crippen LogP contribution in [0, 0.1) is 0 Å². The molecule has 0 bridgehead atoms. The molecule has 1 atom stereocenters. The number of hydrogen-bond donors (Lipinski definition) is 2. The summed E-state index contributed by atoms with van der Waals surface area (Å²) in [4.78, 5) is 11.6. The standard InChI is InChI=1S/C12H14Cl3NO4/c1-19-10-5-3-2-4-8(10)9(6-17)16-11(18)20-7-12(13,14)15/h2-5,9,17H,6-7H2,1H3,(H,16,18)/t9-/m1/s1. The summed E-state index contributed by atoms with van der Waals surface area (Å²) >= 11 is 16.4. The third-order valence-corrected chi connectivity index (χ3v) is 2.68. The second kappa shape index (κ2) is 7.78. The number of alkyl carbamates (subject to hydrolysis) is 1. The van der Waals surface area contributed by atoms with Crippen molar-refractivity contribution in [2.45, 2.75) is 9.83 Å². The van der Waals surface area contributed by atoms with E-state index in [1.54, 1.807) is 24.3 Å². The van der Waals surface area contributed by atoms with E-state index in [9.17, 15) is 9.90 Å². The second-order valence-corrected chi connectivity index (χ2v) is 6.33. The Bertz CT molecular complexity index is 451. The topological polar surface area (TPSA) is 67.8 Å². The van der Waals surface area contributed by atoms with Gasteiger partial charge in [0.25, 0.3) is 0 Å². The lowest BCUT2D eigenvalue weighted by atomic mass is 10.1. The Morgan fingerprint density at radius 1 is 1.40 bits per heavy atom. The Morgan fingerprint density at radius 2 is 2.05 bits per heavy atom. The van der Waals surface area contributed by atoms with E-state index in [0.29, 0.717) is 11.3 Å². The Labute approximate surface area is 131 Å². The normalized spacial score (nSPS) is 12.7. The molecule has 1 aromatic carbocycles. The van der Waals surface area contributed by atoms with Gasteiger partial charge in [-0.2, -0.15) is 0 Å². The molecule has 0 radical (unpaired) electrons. The van der Waals surface area contributed by atoms with Crippen molar-refractivity contribution in [1.29, 1.82) is 0 Å². The van der Waals surface area contributed by atoms with E-state index in [1.807, 2.05) is 0 Å². The molecule has 0 unspecified atom stereocenters. The number of amides is 1. The molecule has 5 nitrogen and oxygen atoms in total. The van der Waals surface area contributed by atoms with Crippen molar-refractivity contribution >= 4 is 40.9 Å². The van der Waals surface area contributed by atoms with Gasteiger partial charge >= 0.3 is 6.09 Å². The number of halogens is 3. The van der Waals surface area contributed by atoms with Gasteiger partial charge in [-0.3, -0.25) is 0 Å². The predicted molar refractivity (Wildman–Crippen MR) is 77.6 cm³/mol. The zero-order chi connectivity index (χ0) is 15.2. The first kappa shape index (κ1) is 17.2. The molecule has 0 saturated carbocycles. The largest absolute Gasteiger partial charge is 0.496 e. The Hall–Kier alpha value is -0.880. The smallest absolute Gasteiger partial charge is 0.407 e. The van der Waals surface area contributed by atoms with Gasteiger partial charge in [-0.05, 0) is 6.07 Å². The van der Waals surface area contributed by atoms with Crippen LogP contribution in [0.4, 0.5) is 4.79 Å². The van der Waals surface area contributed by atoms with Crippen LogP contribution in [-0.4, -0.2) is 35.3 Å². The second-order valence-electron chi connectivity index (χ2n) is 3.81. The number of aliphatic hydroxyl groups excluding tert-OH is 1.